The Kier molecular flexibility index (Phi) is 5.47. The van der Waals surface area contributed by atoms with Gasteiger partial charge in [0.25, 0.3) is 5.91 Å². The summed E-state index contributed by atoms with van der Waals surface area (Å²) >= 11 is 0. The molecule has 2 aliphatic rings. The summed E-state index contributed by atoms with van der Waals surface area (Å²) in [7, 11) is 0. The van der Waals surface area contributed by atoms with Crippen molar-refractivity contribution in [3.8, 4) is 0 Å². The van der Waals surface area contributed by atoms with Crippen LogP contribution in [0.1, 0.15) is 68.2 Å². The molecule has 0 saturated carbocycles. The van der Waals surface area contributed by atoms with Crippen LogP contribution in [-0.2, 0) is 0 Å². The van der Waals surface area contributed by atoms with Gasteiger partial charge in [-0.2, -0.15) is 18.3 Å². The summed E-state index contributed by atoms with van der Waals surface area (Å²) in [5.41, 5.74) is 0.652. The number of nitrogens with one attached hydrogen (secondary N) is 1. The van der Waals surface area contributed by atoms with Crippen molar-refractivity contribution in [1.82, 2.24) is 19.7 Å². The molecule has 0 unspecified atom stereocenters. The van der Waals surface area contributed by atoms with Crippen molar-refractivity contribution < 1.29 is 18.0 Å². The highest BCUT2D eigenvalue weighted by molar-refractivity contribution is 5.92. The van der Waals surface area contributed by atoms with Crippen molar-refractivity contribution in [1.29, 1.82) is 0 Å². The number of aromatic nitrogens is 3. The Hall–Kier alpha value is -2.58. The third kappa shape index (κ3) is 4.41. The number of alkyl halides is 3. The van der Waals surface area contributed by atoms with E-state index in [1.54, 1.807) is 35.4 Å². The van der Waals surface area contributed by atoms with Gasteiger partial charge in [-0.25, -0.2) is 4.68 Å². The summed E-state index contributed by atoms with van der Waals surface area (Å²) in [5, 5.41) is 7.65. The molecule has 1 N–H and O–H groups in total. The van der Waals surface area contributed by atoms with Crippen LogP contribution in [0.2, 0.25) is 0 Å². The second-order valence-corrected chi connectivity index (χ2v) is 9.56. The van der Waals surface area contributed by atoms with Gasteiger partial charge in [0.1, 0.15) is 11.5 Å². The fourth-order valence-corrected chi connectivity index (χ4v) is 4.42. The van der Waals surface area contributed by atoms with Gasteiger partial charge in [-0.3, -0.25) is 9.78 Å². The fraction of sp³-hybridized carbons (Fsp3) is 0.591. The minimum absolute atomic E-state index is 0.0595. The number of hydrogen-bond acceptors (Lipinski definition) is 4. The molecule has 2 aromatic heterocycles. The third-order valence-corrected chi connectivity index (χ3v) is 6.27. The zero-order valence-corrected chi connectivity index (χ0v) is 18.0. The van der Waals surface area contributed by atoms with Crippen molar-refractivity contribution in [2.75, 3.05) is 18.4 Å². The SMILES string of the molecule is CC(C)(C)[C@@H]1C[C@H](C(F)(F)F)n2nc([C@H]3CCCN(C(=O)c4ccccn4)C3)cc2N1. The zero-order chi connectivity index (χ0) is 22.4. The highest BCUT2D eigenvalue weighted by Gasteiger charge is 2.48. The van der Waals surface area contributed by atoms with Crippen LogP contribution in [0.15, 0.2) is 30.5 Å². The number of hydrogen-bond donors (Lipinski definition) is 1. The average Bonchev–Trinajstić information content (AvgIpc) is 3.16. The van der Waals surface area contributed by atoms with Gasteiger partial charge in [0.05, 0.1) is 5.69 Å². The maximum Gasteiger partial charge on any atom is 0.410 e. The lowest BCUT2D eigenvalue weighted by Crippen LogP contribution is -2.44. The molecule has 4 heterocycles. The van der Waals surface area contributed by atoms with E-state index in [2.05, 4.69) is 15.4 Å². The first-order valence-electron chi connectivity index (χ1n) is 10.7. The van der Waals surface area contributed by atoms with Gasteiger partial charge in [0.15, 0.2) is 6.04 Å². The van der Waals surface area contributed by atoms with E-state index in [-0.39, 0.29) is 29.7 Å². The molecule has 0 spiro atoms. The minimum atomic E-state index is -4.38. The number of halogens is 3. The third-order valence-electron chi connectivity index (χ3n) is 6.27. The Labute approximate surface area is 179 Å². The first-order chi connectivity index (χ1) is 14.5. The predicted octanol–water partition coefficient (Wildman–Crippen LogP) is 4.63. The molecule has 0 aromatic carbocycles. The van der Waals surface area contributed by atoms with E-state index >= 15 is 0 Å². The summed E-state index contributed by atoms with van der Waals surface area (Å²) in [4.78, 5) is 18.6. The van der Waals surface area contributed by atoms with Crippen molar-refractivity contribution >= 4 is 11.7 Å². The summed E-state index contributed by atoms with van der Waals surface area (Å²) in [6.45, 7) is 6.84. The number of fused-ring (bicyclic) bond motifs is 1. The number of likely N-dealkylation sites (tertiary alicyclic amines) is 1. The lowest BCUT2D eigenvalue weighted by Gasteiger charge is -2.39. The lowest BCUT2D eigenvalue weighted by molar-refractivity contribution is -0.175. The van der Waals surface area contributed by atoms with E-state index in [4.69, 9.17) is 0 Å². The van der Waals surface area contributed by atoms with Crippen molar-refractivity contribution in [2.45, 2.75) is 64.2 Å². The van der Waals surface area contributed by atoms with E-state index in [0.717, 1.165) is 17.5 Å². The van der Waals surface area contributed by atoms with Crippen molar-refractivity contribution in [3.05, 3.63) is 41.9 Å². The maximum atomic E-state index is 13.8. The second kappa shape index (κ2) is 7.84. The van der Waals surface area contributed by atoms with E-state index < -0.39 is 12.2 Å². The topological polar surface area (TPSA) is 63.1 Å². The van der Waals surface area contributed by atoms with Crippen molar-refractivity contribution in [3.63, 3.8) is 0 Å². The molecule has 0 aliphatic carbocycles. The number of nitrogens with zero attached hydrogens (tertiary/aromatic N) is 4. The molecule has 1 fully saturated rings. The Morgan fingerprint density at radius 1 is 1.23 bits per heavy atom. The molecule has 1 saturated heterocycles. The summed E-state index contributed by atoms with van der Waals surface area (Å²) in [6.07, 6.45) is -1.31. The maximum absolute atomic E-state index is 13.8. The molecule has 4 rings (SSSR count). The van der Waals surface area contributed by atoms with E-state index in [9.17, 15) is 18.0 Å². The van der Waals surface area contributed by atoms with Gasteiger partial charge in [-0.15, -0.1) is 0 Å². The molecular formula is C22H28F3N5O. The molecule has 6 nitrogen and oxygen atoms in total. The number of piperidine rings is 1. The first-order valence-corrected chi connectivity index (χ1v) is 10.7. The fourth-order valence-electron chi connectivity index (χ4n) is 4.42. The summed E-state index contributed by atoms with van der Waals surface area (Å²) < 4.78 is 42.6. The molecule has 31 heavy (non-hydrogen) atoms. The Morgan fingerprint density at radius 3 is 2.65 bits per heavy atom. The van der Waals surface area contributed by atoms with Crippen LogP contribution in [0, 0.1) is 5.41 Å². The molecule has 0 radical (unpaired) electrons. The average molecular weight is 435 g/mol. The van der Waals surface area contributed by atoms with E-state index in [1.165, 1.54) is 0 Å². The van der Waals surface area contributed by atoms with Gasteiger partial charge in [0, 0.05) is 37.3 Å². The zero-order valence-electron chi connectivity index (χ0n) is 18.0. The van der Waals surface area contributed by atoms with E-state index in [1.807, 2.05) is 20.8 Å². The molecule has 1 amide bonds. The van der Waals surface area contributed by atoms with Crippen LogP contribution in [0.5, 0.6) is 0 Å². The van der Waals surface area contributed by atoms with Crippen LogP contribution in [0.25, 0.3) is 0 Å². The highest BCUT2D eigenvalue weighted by Crippen LogP contribution is 2.44. The molecule has 168 valence electrons. The van der Waals surface area contributed by atoms with Crippen LogP contribution in [0.4, 0.5) is 19.0 Å². The number of rotatable bonds is 2. The number of carbonyl (C=O) groups excluding carboxylic acids is 1. The number of carbonyl (C=O) groups is 1. The summed E-state index contributed by atoms with van der Waals surface area (Å²) in [6, 6.07) is 4.95. The van der Waals surface area contributed by atoms with Gasteiger partial charge >= 0.3 is 6.18 Å². The molecule has 9 heteroatoms. The molecule has 2 aliphatic heterocycles. The number of amides is 1. The van der Waals surface area contributed by atoms with Gasteiger partial charge in [-0.05, 0) is 36.8 Å². The first kappa shape index (κ1) is 21.6. The van der Waals surface area contributed by atoms with Crippen LogP contribution < -0.4 is 5.32 Å². The standard InChI is InChI=1S/C22H28F3N5O/c1-21(2,3)17-12-18(22(23,24)25)30-19(27-17)11-16(28-30)14-7-6-10-29(13-14)20(31)15-8-4-5-9-26-15/h4-5,8-9,11,14,17-18,27H,6-7,10,12-13H2,1-3H3/t14-,17-,18+/m0/s1. The number of anilines is 1. The van der Waals surface area contributed by atoms with Gasteiger partial charge in [-0.1, -0.05) is 26.8 Å². The Morgan fingerprint density at radius 2 is 2.00 bits per heavy atom. The van der Waals surface area contributed by atoms with E-state index in [0.29, 0.717) is 30.3 Å². The minimum Gasteiger partial charge on any atom is -0.367 e. The smallest absolute Gasteiger partial charge is 0.367 e. The quantitative estimate of drug-likeness (QED) is 0.747. The molecular weight excluding hydrogens is 407 g/mol. The molecule has 3 atom stereocenters. The normalized spacial score (nSPS) is 24.5. The number of pyridine rings is 1. The second-order valence-electron chi connectivity index (χ2n) is 9.56. The molecule has 0 bridgehead atoms. The van der Waals surface area contributed by atoms with Crippen molar-refractivity contribution in [2.24, 2.45) is 5.41 Å². The largest absolute Gasteiger partial charge is 0.410 e. The van der Waals surface area contributed by atoms with Crippen LogP contribution in [-0.4, -0.2) is 50.9 Å². The van der Waals surface area contributed by atoms with Crippen LogP contribution in [0.3, 0.4) is 0 Å². The Balaban J connectivity index is 1.59. The van der Waals surface area contributed by atoms with Crippen LogP contribution >= 0.6 is 0 Å². The predicted molar refractivity (Wildman–Crippen MR) is 111 cm³/mol. The lowest BCUT2D eigenvalue weighted by atomic mass is 9.82. The molecule has 2 aromatic rings. The summed E-state index contributed by atoms with van der Waals surface area (Å²) in [5.74, 6) is 0.133. The van der Waals surface area contributed by atoms with Gasteiger partial charge < -0.3 is 10.2 Å². The highest BCUT2D eigenvalue weighted by atomic mass is 19.4. The Bertz CT molecular complexity index is 935. The van der Waals surface area contributed by atoms with Gasteiger partial charge in [0.2, 0.25) is 0 Å². The monoisotopic (exact) mass is 435 g/mol.